The molecule has 1 aliphatic carbocycles. The van der Waals surface area contributed by atoms with Crippen LogP contribution in [0.4, 0.5) is 0 Å². The molecule has 1 saturated carbocycles. The molecule has 0 radical (unpaired) electrons. The van der Waals surface area contributed by atoms with Crippen LogP contribution in [0.15, 0.2) is 0 Å². The molecule has 6 heteroatoms. The van der Waals surface area contributed by atoms with E-state index < -0.39 is 17.6 Å². The van der Waals surface area contributed by atoms with Gasteiger partial charge in [-0.15, -0.1) is 0 Å². The molecule has 0 aliphatic heterocycles. The Bertz CT molecular complexity index is 398. The molecular weight excluding hydrogens is 284 g/mol. The molecule has 4 atom stereocenters. The van der Waals surface area contributed by atoms with Gasteiger partial charge < -0.3 is 20.9 Å². The van der Waals surface area contributed by atoms with Crippen LogP contribution in [0.1, 0.15) is 53.4 Å². The summed E-state index contributed by atoms with van der Waals surface area (Å²) < 4.78 is 5.11. The third kappa shape index (κ3) is 4.20. The molecule has 0 bridgehead atoms. The first-order valence-corrected chi connectivity index (χ1v) is 8.15. The lowest BCUT2D eigenvalue weighted by molar-refractivity contribution is -0.162. The number of rotatable bonds is 6. The van der Waals surface area contributed by atoms with E-state index in [1.807, 2.05) is 6.92 Å². The number of hydrogen-bond acceptors (Lipinski definition) is 5. The largest absolute Gasteiger partial charge is 0.466 e. The Morgan fingerprint density at radius 3 is 2.50 bits per heavy atom. The molecule has 0 aromatic carbocycles. The highest BCUT2D eigenvalue weighted by atomic mass is 16.5. The third-order valence-corrected chi connectivity index (χ3v) is 4.61. The molecule has 0 aromatic heterocycles. The second kappa shape index (κ2) is 7.92. The van der Waals surface area contributed by atoms with Crippen LogP contribution >= 0.6 is 0 Å². The molecule has 1 fully saturated rings. The third-order valence-electron chi connectivity index (χ3n) is 4.61. The Morgan fingerprint density at radius 2 is 1.95 bits per heavy atom. The van der Waals surface area contributed by atoms with Gasteiger partial charge in [-0.05, 0) is 40.0 Å². The molecule has 4 N–H and O–H groups in total. The minimum atomic E-state index is -0.847. The predicted octanol–water partition coefficient (Wildman–Crippen LogP) is 0.959. The van der Waals surface area contributed by atoms with E-state index in [0.717, 1.165) is 6.42 Å². The molecule has 1 amide bonds. The van der Waals surface area contributed by atoms with Crippen molar-refractivity contribution in [1.82, 2.24) is 5.32 Å². The summed E-state index contributed by atoms with van der Waals surface area (Å²) >= 11 is 0. The number of esters is 1. The Hall–Kier alpha value is -1.14. The van der Waals surface area contributed by atoms with E-state index in [1.54, 1.807) is 20.8 Å². The molecule has 0 heterocycles. The number of ether oxygens (including phenoxy) is 1. The first-order chi connectivity index (χ1) is 10.3. The average molecular weight is 314 g/mol. The van der Waals surface area contributed by atoms with Crippen LogP contribution in [0.2, 0.25) is 0 Å². The van der Waals surface area contributed by atoms with Gasteiger partial charge in [-0.25, -0.2) is 0 Å². The van der Waals surface area contributed by atoms with Gasteiger partial charge in [0.1, 0.15) is 0 Å². The van der Waals surface area contributed by atoms with Gasteiger partial charge in [0.2, 0.25) is 5.91 Å². The summed E-state index contributed by atoms with van der Waals surface area (Å²) in [5.41, 5.74) is 5.31. The van der Waals surface area contributed by atoms with Crippen molar-refractivity contribution in [3.05, 3.63) is 0 Å². The second-order valence-electron chi connectivity index (χ2n) is 6.62. The highest BCUT2D eigenvalue weighted by molar-refractivity contribution is 5.77. The summed E-state index contributed by atoms with van der Waals surface area (Å²) in [6.45, 7) is 7.57. The van der Waals surface area contributed by atoms with E-state index in [1.165, 1.54) is 0 Å². The molecule has 1 aliphatic rings. The minimum Gasteiger partial charge on any atom is -0.466 e. The molecule has 3 unspecified atom stereocenters. The van der Waals surface area contributed by atoms with Crippen LogP contribution in [0.5, 0.6) is 0 Å². The van der Waals surface area contributed by atoms with E-state index in [4.69, 9.17) is 10.5 Å². The van der Waals surface area contributed by atoms with E-state index in [0.29, 0.717) is 25.9 Å². The monoisotopic (exact) mass is 314 g/mol. The molecule has 128 valence electrons. The van der Waals surface area contributed by atoms with Crippen molar-refractivity contribution in [3.8, 4) is 0 Å². The maximum atomic E-state index is 12.1. The van der Waals surface area contributed by atoms with Crippen molar-refractivity contribution >= 4 is 11.9 Å². The molecule has 0 saturated heterocycles. The maximum Gasteiger partial charge on any atom is 0.311 e. The highest BCUT2D eigenvalue weighted by Gasteiger charge is 2.47. The number of aliphatic hydroxyl groups is 1. The lowest BCUT2D eigenvalue weighted by Gasteiger charge is -2.44. The molecule has 1 rings (SSSR count). The molecule has 22 heavy (non-hydrogen) atoms. The van der Waals surface area contributed by atoms with Gasteiger partial charge in [-0.3, -0.25) is 9.59 Å². The topological polar surface area (TPSA) is 102 Å². The standard InChI is InChI=1S/C16H30N2O4/c1-5-7-12(19)18-11-9-8-10(14(20)13(11)17)16(3,4)15(21)22-6-2/h10-11,13-14,20H,5-9,17H2,1-4H3,(H,18,19)/t10?,11?,13-,14?/m1/s1. The van der Waals surface area contributed by atoms with Crippen molar-refractivity contribution < 1.29 is 19.4 Å². The van der Waals surface area contributed by atoms with E-state index in [-0.39, 0.29) is 23.8 Å². The van der Waals surface area contributed by atoms with Crippen molar-refractivity contribution in [2.24, 2.45) is 17.1 Å². The molecule has 6 nitrogen and oxygen atoms in total. The summed E-state index contributed by atoms with van der Waals surface area (Å²) in [6.07, 6.45) is 1.66. The Balaban J connectivity index is 2.74. The van der Waals surface area contributed by atoms with Crippen molar-refractivity contribution in [1.29, 1.82) is 0 Å². The molecule has 0 spiro atoms. The summed E-state index contributed by atoms with van der Waals surface area (Å²) in [5.74, 6) is -0.640. The van der Waals surface area contributed by atoms with Crippen molar-refractivity contribution in [2.45, 2.75) is 71.6 Å². The van der Waals surface area contributed by atoms with Gasteiger partial charge >= 0.3 is 5.97 Å². The molecule has 0 aromatic rings. The van der Waals surface area contributed by atoms with Crippen molar-refractivity contribution in [3.63, 3.8) is 0 Å². The Morgan fingerprint density at radius 1 is 1.32 bits per heavy atom. The molecular formula is C16H30N2O4. The van der Waals surface area contributed by atoms with E-state index in [9.17, 15) is 14.7 Å². The summed E-state index contributed by atoms with van der Waals surface area (Å²) in [4.78, 5) is 23.8. The number of nitrogens with two attached hydrogens (primary N) is 1. The van der Waals surface area contributed by atoms with E-state index in [2.05, 4.69) is 5.32 Å². The fraction of sp³-hybridized carbons (Fsp3) is 0.875. The van der Waals surface area contributed by atoms with Gasteiger partial charge in [0.25, 0.3) is 0 Å². The van der Waals surface area contributed by atoms with Gasteiger partial charge in [0.15, 0.2) is 0 Å². The van der Waals surface area contributed by atoms with Crippen LogP contribution in [-0.4, -0.2) is 41.8 Å². The highest BCUT2D eigenvalue weighted by Crippen LogP contribution is 2.39. The van der Waals surface area contributed by atoms with Crippen LogP contribution in [0, 0.1) is 11.3 Å². The second-order valence-corrected chi connectivity index (χ2v) is 6.62. The summed E-state index contributed by atoms with van der Waals surface area (Å²) in [7, 11) is 0. The number of carbonyl (C=O) groups excluding carboxylic acids is 2. The average Bonchev–Trinajstić information content (AvgIpc) is 2.44. The number of carbonyl (C=O) groups is 2. The van der Waals surface area contributed by atoms with Crippen LogP contribution < -0.4 is 11.1 Å². The number of amides is 1. The van der Waals surface area contributed by atoms with Crippen LogP contribution in [0.3, 0.4) is 0 Å². The van der Waals surface area contributed by atoms with Gasteiger partial charge in [-0.2, -0.15) is 0 Å². The maximum absolute atomic E-state index is 12.1. The van der Waals surface area contributed by atoms with Gasteiger partial charge in [0.05, 0.1) is 24.2 Å². The number of aliphatic hydroxyl groups excluding tert-OH is 1. The smallest absolute Gasteiger partial charge is 0.311 e. The normalized spacial score (nSPS) is 29.0. The zero-order chi connectivity index (χ0) is 16.9. The first kappa shape index (κ1) is 18.9. The SMILES string of the molecule is CCCC(=O)NC1CCC(C(C)(C)C(=O)OCC)C(O)[C@@H]1N. The van der Waals surface area contributed by atoms with Crippen molar-refractivity contribution in [2.75, 3.05) is 6.61 Å². The summed E-state index contributed by atoms with van der Waals surface area (Å²) in [6, 6.07) is -0.823. The number of nitrogens with one attached hydrogen (secondary N) is 1. The Kier molecular flexibility index (Phi) is 6.81. The first-order valence-electron chi connectivity index (χ1n) is 8.15. The van der Waals surface area contributed by atoms with Gasteiger partial charge in [0, 0.05) is 18.4 Å². The van der Waals surface area contributed by atoms with E-state index >= 15 is 0 Å². The minimum absolute atomic E-state index is 0.0433. The van der Waals surface area contributed by atoms with Crippen LogP contribution in [0.25, 0.3) is 0 Å². The quantitative estimate of drug-likeness (QED) is 0.634. The zero-order valence-electron chi connectivity index (χ0n) is 14.1. The fourth-order valence-electron chi connectivity index (χ4n) is 3.16. The zero-order valence-corrected chi connectivity index (χ0v) is 14.1. The Labute approximate surface area is 132 Å². The van der Waals surface area contributed by atoms with Crippen LogP contribution in [-0.2, 0) is 14.3 Å². The fourth-order valence-corrected chi connectivity index (χ4v) is 3.16. The van der Waals surface area contributed by atoms with Gasteiger partial charge in [-0.1, -0.05) is 6.92 Å². The predicted molar refractivity (Wildman–Crippen MR) is 84.0 cm³/mol. The lowest BCUT2D eigenvalue weighted by Crippen LogP contribution is -2.61. The lowest BCUT2D eigenvalue weighted by atomic mass is 9.67. The number of hydrogen-bond donors (Lipinski definition) is 3. The summed E-state index contributed by atoms with van der Waals surface area (Å²) in [5, 5.41) is 13.4.